The van der Waals surface area contributed by atoms with Gasteiger partial charge in [0.2, 0.25) is 0 Å². The smallest absolute Gasteiger partial charge is 0.193 e. The maximum atomic E-state index is 8.80. The molecule has 0 bridgehead atoms. The van der Waals surface area contributed by atoms with Crippen LogP contribution in [0.2, 0.25) is 0 Å². The number of aromatic amines is 1. The summed E-state index contributed by atoms with van der Waals surface area (Å²) in [4.78, 5) is 7.10. The molecule has 74 valence electrons. The van der Waals surface area contributed by atoms with Crippen LogP contribution in [0.25, 0.3) is 11.0 Å². The first-order valence-corrected chi connectivity index (χ1v) is 5.05. The number of H-pyrrole nitrogens is 1. The van der Waals surface area contributed by atoms with Gasteiger partial charge >= 0.3 is 0 Å². The van der Waals surface area contributed by atoms with Crippen LogP contribution in [0.5, 0.6) is 5.75 Å². The Kier molecular flexibility index (Phi) is 2.60. The Balaban J connectivity index is 2.43. The molecular formula is C9H10N2O2S. The molecule has 0 aliphatic heterocycles. The molecule has 2 N–H and O–H groups in total. The SMILES string of the molecule is CCOc1ccc2nc(SO)[nH]c2c1. The number of hydrogen-bond donors (Lipinski definition) is 2. The number of benzene rings is 1. The number of aromatic nitrogens is 2. The highest BCUT2D eigenvalue weighted by molar-refractivity contribution is 7.93. The van der Waals surface area contributed by atoms with Crippen LogP contribution in [-0.4, -0.2) is 21.1 Å². The molecule has 0 fully saturated rings. The lowest BCUT2D eigenvalue weighted by Crippen LogP contribution is -1.90. The van der Waals surface area contributed by atoms with Crippen molar-refractivity contribution in [2.75, 3.05) is 6.61 Å². The van der Waals surface area contributed by atoms with Gasteiger partial charge in [0.1, 0.15) is 5.75 Å². The molecule has 0 unspecified atom stereocenters. The fourth-order valence-corrected chi connectivity index (χ4v) is 1.56. The third-order valence-electron chi connectivity index (χ3n) is 1.83. The van der Waals surface area contributed by atoms with Crippen molar-refractivity contribution >= 4 is 23.1 Å². The Morgan fingerprint density at radius 2 is 2.43 bits per heavy atom. The fourth-order valence-electron chi connectivity index (χ4n) is 1.27. The molecule has 0 radical (unpaired) electrons. The van der Waals surface area contributed by atoms with Gasteiger partial charge in [-0.25, -0.2) is 4.98 Å². The number of imidazole rings is 1. The van der Waals surface area contributed by atoms with Crippen molar-refractivity contribution < 1.29 is 9.29 Å². The van der Waals surface area contributed by atoms with Crippen molar-refractivity contribution in [1.82, 2.24) is 9.97 Å². The molecular weight excluding hydrogens is 200 g/mol. The summed E-state index contributed by atoms with van der Waals surface area (Å²) in [5.74, 6) is 0.804. The van der Waals surface area contributed by atoms with Crippen molar-refractivity contribution in [3.63, 3.8) is 0 Å². The first-order chi connectivity index (χ1) is 6.83. The van der Waals surface area contributed by atoms with Crippen molar-refractivity contribution in [3.05, 3.63) is 18.2 Å². The number of nitrogens with one attached hydrogen (secondary N) is 1. The van der Waals surface area contributed by atoms with Gasteiger partial charge in [-0.1, -0.05) is 0 Å². The molecule has 0 amide bonds. The number of hydrogen-bond acceptors (Lipinski definition) is 4. The van der Waals surface area contributed by atoms with Gasteiger partial charge in [-0.15, -0.1) is 0 Å². The Hall–Kier alpha value is -1.20. The van der Waals surface area contributed by atoms with E-state index in [2.05, 4.69) is 9.97 Å². The number of fused-ring (bicyclic) bond motifs is 1. The van der Waals surface area contributed by atoms with Crippen molar-refractivity contribution in [2.45, 2.75) is 12.1 Å². The number of ether oxygens (including phenoxy) is 1. The van der Waals surface area contributed by atoms with E-state index in [4.69, 9.17) is 9.29 Å². The molecule has 1 aromatic heterocycles. The summed E-state index contributed by atoms with van der Waals surface area (Å²) in [7, 11) is 0. The monoisotopic (exact) mass is 210 g/mol. The lowest BCUT2D eigenvalue weighted by molar-refractivity contribution is 0.340. The first kappa shape index (κ1) is 9.36. The molecule has 1 heterocycles. The minimum atomic E-state index is 0.494. The van der Waals surface area contributed by atoms with Crippen LogP contribution >= 0.6 is 12.0 Å². The molecule has 14 heavy (non-hydrogen) atoms. The highest BCUT2D eigenvalue weighted by Gasteiger charge is 2.03. The van der Waals surface area contributed by atoms with Crippen molar-refractivity contribution in [1.29, 1.82) is 0 Å². The summed E-state index contributed by atoms with van der Waals surface area (Å²) in [6, 6.07) is 5.58. The second-order valence-electron chi connectivity index (χ2n) is 2.75. The third-order valence-corrected chi connectivity index (χ3v) is 2.20. The van der Waals surface area contributed by atoms with Crippen molar-refractivity contribution in [2.24, 2.45) is 0 Å². The van der Waals surface area contributed by atoms with E-state index >= 15 is 0 Å². The van der Waals surface area contributed by atoms with E-state index in [9.17, 15) is 0 Å². The Morgan fingerprint density at radius 1 is 1.57 bits per heavy atom. The summed E-state index contributed by atoms with van der Waals surface area (Å²) in [5.41, 5.74) is 1.69. The Bertz CT molecular complexity index is 441. The van der Waals surface area contributed by atoms with Crippen LogP contribution in [0.15, 0.2) is 23.4 Å². The van der Waals surface area contributed by atoms with E-state index in [1.165, 1.54) is 0 Å². The standard InChI is InChI=1S/C9H10N2O2S/c1-2-13-6-3-4-7-8(5-6)11-9(10-7)14-12/h3-5,12H,2H2,1H3,(H,10,11). The summed E-state index contributed by atoms with van der Waals surface area (Å²) < 4.78 is 14.1. The topological polar surface area (TPSA) is 58.1 Å². The molecule has 0 aliphatic carbocycles. The van der Waals surface area contributed by atoms with E-state index in [0.29, 0.717) is 23.8 Å². The highest BCUT2D eigenvalue weighted by Crippen LogP contribution is 2.21. The van der Waals surface area contributed by atoms with Gasteiger partial charge in [0.15, 0.2) is 5.16 Å². The van der Waals surface area contributed by atoms with Gasteiger partial charge in [-0.05, 0) is 19.1 Å². The van der Waals surface area contributed by atoms with Gasteiger partial charge in [0.05, 0.1) is 29.7 Å². The minimum absolute atomic E-state index is 0.494. The fraction of sp³-hybridized carbons (Fsp3) is 0.222. The molecule has 0 saturated carbocycles. The van der Waals surface area contributed by atoms with Crippen LogP contribution in [0.4, 0.5) is 0 Å². The van der Waals surface area contributed by atoms with Crippen molar-refractivity contribution in [3.8, 4) is 5.75 Å². The average Bonchev–Trinajstić information content (AvgIpc) is 2.60. The van der Waals surface area contributed by atoms with Crippen LogP contribution in [0, 0.1) is 0 Å². The predicted molar refractivity (Wildman–Crippen MR) is 55.7 cm³/mol. The summed E-state index contributed by atoms with van der Waals surface area (Å²) in [6.45, 7) is 2.58. The largest absolute Gasteiger partial charge is 0.494 e. The first-order valence-electron chi connectivity index (χ1n) is 4.27. The summed E-state index contributed by atoms with van der Waals surface area (Å²) in [6.07, 6.45) is 0. The van der Waals surface area contributed by atoms with E-state index in [-0.39, 0.29) is 0 Å². The molecule has 0 atom stereocenters. The molecule has 2 aromatic rings. The zero-order valence-electron chi connectivity index (χ0n) is 7.65. The zero-order chi connectivity index (χ0) is 9.97. The number of rotatable bonds is 3. The molecule has 5 heteroatoms. The van der Waals surface area contributed by atoms with Crippen LogP contribution in [0.1, 0.15) is 6.92 Å². The van der Waals surface area contributed by atoms with E-state index in [0.717, 1.165) is 16.8 Å². The van der Waals surface area contributed by atoms with E-state index < -0.39 is 0 Å². The number of nitrogens with zero attached hydrogens (tertiary/aromatic N) is 1. The average molecular weight is 210 g/mol. The van der Waals surface area contributed by atoms with Crippen LogP contribution < -0.4 is 4.74 Å². The molecule has 0 spiro atoms. The molecule has 1 aromatic carbocycles. The maximum Gasteiger partial charge on any atom is 0.193 e. The molecule has 2 rings (SSSR count). The maximum absolute atomic E-state index is 8.80. The minimum Gasteiger partial charge on any atom is -0.494 e. The van der Waals surface area contributed by atoms with Gasteiger partial charge in [0.25, 0.3) is 0 Å². The van der Waals surface area contributed by atoms with Gasteiger partial charge in [0, 0.05) is 6.07 Å². The van der Waals surface area contributed by atoms with Crippen LogP contribution in [0.3, 0.4) is 0 Å². The zero-order valence-corrected chi connectivity index (χ0v) is 8.47. The third kappa shape index (κ3) is 1.69. The predicted octanol–water partition coefficient (Wildman–Crippen LogP) is 2.53. The summed E-state index contributed by atoms with van der Waals surface area (Å²) >= 11 is 0.606. The quantitative estimate of drug-likeness (QED) is 0.764. The summed E-state index contributed by atoms with van der Waals surface area (Å²) in [5, 5.41) is 0.494. The second-order valence-corrected chi connectivity index (χ2v) is 3.31. The highest BCUT2D eigenvalue weighted by atomic mass is 32.2. The van der Waals surface area contributed by atoms with Gasteiger partial charge in [-0.2, -0.15) is 0 Å². The Labute approximate surface area is 85.5 Å². The lowest BCUT2D eigenvalue weighted by Gasteiger charge is -2.00. The Morgan fingerprint density at radius 3 is 3.14 bits per heavy atom. The van der Waals surface area contributed by atoms with E-state index in [1.54, 1.807) is 0 Å². The van der Waals surface area contributed by atoms with Gasteiger partial charge in [-0.3, -0.25) is 0 Å². The van der Waals surface area contributed by atoms with Crippen LogP contribution in [-0.2, 0) is 0 Å². The molecule has 0 saturated heterocycles. The van der Waals surface area contributed by atoms with Gasteiger partial charge < -0.3 is 14.3 Å². The normalized spacial score (nSPS) is 10.7. The second kappa shape index (κ2) is 3.89. The molecule has 0 aliphatic rings. The molecule has 4 nitrogen and oxygen atoms in total. The van der Waals surface area contributed by atoms with E-state index in [1.807, 2.05) is 25.1 Å². The lowest BCUT2D eigenvalue weighted by atomic mass is 10.3.